The minimum Gasteiger partial charge on any atom is -0.420 e. The van der Waals surface area contributed by atoms with Crippen LogP contribution in [-0.4, -0.2) is 38.9 Å². The first kappa shape index (κ1) is 16.4. The normalized spacial score (nSPS) is 19.0. The average Bonchev–Trinajstić information content (AvgIpc) is 3.05. The van der Waals surface area contributed by atoms with Crippen molar-refractivity contribution in [2.45, 2.75) is 23.7 Å². The quantitative estimate of drug-likeness (QED) is 0.901. The molecule has 9 heteroatoms. The molecule has 1 aromatic heterocycles. The molecule has 23 heavy (non-hydrogen) atoms. The van der Waals surface area contributed by atoms with E-state index in [2.05, 4.69) is 14.9 Å². The van der Waals surface area contributed by atoms with Gasteiger partial charge in [-0.3, -0.25) is 0 Å². The van der Waals surface area contributed by atoms with E-state index in [1.165, 1.54) is 25.2 Å². The van der Waals surface area contributed by atoms with Gasteiger partial charge in [0.1, 0.15) is 0 Å². The van der Waals surface area contributed by atoms with Gasteiger partial charge in [-0.05, 0) is 38.1 Å². The van der Waals surface area contributed by atoms with Gasteiger partial charge >= 0.3 is 0 Å². The van der Waals surface area contributed by atoms with Gasteiger partial charge in [0.05, 0.1) is 28.0 Å². The molecular weight excluding hydrogens is 342 g/mol. The van der Waals surface area contributed by atoms with Crippen LogP contribution in [0.3, 0.4) is 0 Å². The van der Waals surface area contributed by atoms with Gasteiger partial charge in [-0.2, -0.15) is 0 Å². The van der Waals surface area contributed by atoms with Crippen molar-refractivity contribution in [2.24, 2.45) is 0 Å². The summed E-state index contributed by atoms with van der Waals surface area (Å²) in [4.78, 5) is 0.0835. The Labute approximate surface area is 139 Å². The second-order valence-corrected chi connectivity index (χ2v) is 7.50. The van der Waals surface area contributed by atoms with Gasteiger partial charge in [-0.25, -0.2) is 13.1 Å². The Morgan fingerprint density at radius 3 is 2.87 bits per heavy atom. The zero-order valence-electron chi connectivity index (χ0n) is 12.5. The first-order chi connectivity index (χ1) is 11.0. The number of halogens is 1. The molecule has 0 saturated carbocycles. The van der Waals surface area contributed by atoms with Crippen LogP contribution in [0.1, 0.15) is 24.7 Å². The molecular formula is C14H16ClN3O4S. The van der Waals surface area contributed by atoms with E-state index in [-0.39, 0.29) is 16.7 Å². The molecule has 2 heterocycles. The van der Waals surface area contributed by atoms with E-state index < -0.39 is 10.0 Å². The number of ether oxygens (including phenoxy) is 1. The standard InChI is InChI=1S/C14H16ClN3O4S/c1-16-23(19,20)10-4-5-12(15)11(7-10)14-18-17-13(22-14)9-3-2-6-21-8-9/h4-5,7,9,16H,2-3,6,8H2,1H3. The Hall–Kier alpha value is -1.48. The Morgan fingerprint density at radius 2 is 2.17 bits per heavy atom. The summed E-state index contributed by atoms with van der Waals surface area (Å²) in [5, 5.41) is 8.39. The maximum Gasteiger partial charge on any atom is 0.249 e. The number of benzene rings is 1. The predicted octanol–water partition coefficient (Wildman–Crippen LogP) is 2.19. The molecule has 1 unspecified atom stereocenters. The average molecular weight is 358 g/mol. The first-order valence-corrected chi connectivity index (χ1v) is 9.02. The number of hydrogen-bond donors (Lipinski definition) is 1. The highest BCUT2D eigenvalue weighted by atomic mass is 35.5. The number of rotatable bonds is 4. The van der Waals surface area contributed by atoms with E-state index in [1.54, 1.807) is 0 Å². The molecule has 1 saturated heterocycles. The van der Waals surface area contributed by atoms with Crippen molar-refractivity contribution in [1.82, 2.24) is 14.9 Å². The summed E-state index contributed by atoms with van der Waals surface area (Å²) in [6.07, 6.45) is 1.86. The van der Waals surface area contributed by atoms with E-state index >= 15 is 0 Å². The molecule has 0 spiro atoms. The van der Waals surface area contributed by atoms with Gasteiger partial charge in [0, 0.05) is 6.61 Å². The molecule has 3 rings (SSSR count). The lowest BCUT2D eigenvalue weighted by Crippen LogP contribution is -2.18. The fraction of sp³-hybridized carbons (Fsp3) is 0.429. The minimum absolute atomic E-state index is 0.0630. The highest BCUT2D eigenvalue weighted by molar-refractivity contribution is 7.89. The smallest absolute Gasteiger partial charge is 0.249 e. The SMILES string of the molecule is CNS(=O)(=O)c1ccc(Cl)c(-c2nnc(C3CCCOC3)o2)c1. The van der Waals surface area contributed by atoms with Crippen molar-refractivity contribution >= 4 is 21.6 Å². The van der Waals surface area contributed by atoms with Crippen LogP contribution in [0, 0.1) is 0 Å². The van der Waals surface area contributed by atoms with E-state index in [9.17, 15) is 8.42 Å². The lowest BCUT2D eigenvalue weighted by atomic mass is 10.0. The molecule has 124 valence electrons. The zero-order chi connectivity index (χ0) is 16.4. The molecule has 1 fully saturated rings. The van der Waals surface area contributed by atoms with Gasteiger partial charge in [0.2, 0.25) is 21.8 Å². The van der Waals surface area contributed by atoms with E-state index in [0.717, 1.165) is 19.4 Å². The number of hydrogen-bond acceptors (Lipinski definition) is 6. The van der Waals surface area contributed by atoms with Crippen LogP contribution in [0.2, 0.25) is 5.02 Å². The number of sulfonamides is 1. The summed E-state index contributed by atoms with van der Waals surface area (Å²) in [5.41, 5.74) is 0.387. The number of nitrogens with one attached hydrogen (secondary N) is 1. The van der Waals surface area contributed by atoms with Crippen LogP contribution in [-0.2, 0) is 14.8 Å². The molecule has 0 amide bonds. The van der Waals surface area contributed by atoms with Crippen molar-refractivity contribution in [2.75, 3.05) is 20.3 Å². The molecule has 1 N–H and O–H groups in total. The topological polar surface area (TPSA) is 94.3 Å². The largest absolute Gasteiger partial charge is 0.420 e. The molecule has 1 aliphatic rings. The third-order valence-corrected chi connectivity index (χ3v) is 5.44. The van der Waals surface area contributed by atoms with E-state index in [0.29, 0.717) is 23.1 Å². The third-order valence-electron chi connectivity index (χ3n) is 3.70. The van der Waals surface area contributed by atoms with E-state index in [1.807, 2.05) is 0 Å². The van der Waals surface area contributed by atoms with Crippen LogP contribution < -0.4 is 4.72 Å². The minimum atomic E-state index is -3.58. The fourth-order valence-electron chi connectivity index (χ4n) is 2.40. The van der Waals surface area contributed by atoms with Gasteiger partial charge in [0.15, 0.2) is 0 Å². The van der Waals surface area contributed by atoms with Crippen molar-refractivity contribution in [1.29, 1.82) is 0 Å². The second-order valence-electron chi connectivity index (χ2n) is 5.21. The maximum absolute atomic E-state index is 11.9. The molecule has 1 aromatic carbocycles. The summed E-state index contributed by atoms with van der Waals surface area (Å²) in [7, 11) is -2.23. The highest BCUT2D eigenvalue weighted by Crippen LogP contribution is 2.32. The Bertz CT molecular complexity index is 800. The summed E-state index contributed by atoms with van der Waals surface area (Å²) in [6.45, 7) is 1.29. The monoisotopic (exact) mass is 357 g/mol. The van der Waals surface area contributed by atoms with Crippen LogP contribution >= 0.6 is 11.6 Å². The van der Waals surface area contributed by atoms with Gasteiger partial charge in [-0.1, -0.05) is 11.6 Å². The van der Waals surface area contributed by atoms with Crippen LogP contribution in [0.5, 0.6) is 0 Å². The maximum atomic E-state index is 11.9. The van der Waals surface area contributed by atoms with Gasteiger partial charge in [-0.15, -0.1) is 10.2 Å². The molecule has 2 aromatic rings. The lowest BCUT2D eigenvalue weighted by molar-refractivity contribution is 0.0727. The lowest BCUT2D eigenvalue weighted by Gasteiger charge is -2.18. The Balaban J connectivity index is 1.95. The summed E-state index contributed by atoms with van der Waals surface area (Å²) < 4.78 is 37.2. The van der Waals surface area contributed by atoms with Crippen molar-refractivity contribution in [3.05, 3.63) is 29.1 Å². The van der Waals surface area contributed by atoms with Gasteiger partial charge in [0.25, 0.3) is 0 Å². The Kier molecular flexibility index (Phi) is 4.67. The molecule has 0 radical (unpaired) electrons. The second kappa shape index (κ2) is 6.56. The van der Waals surface area contributed by atoms with Crippen LogP contribution in [0.4, 0.5) is 0 Å². The zero-order valence-corrected chi connectivity index (χ0v) is 14.0. The van der Waals surface area contributed by atoms with Crippen molar-refractivity contribution < 1.29 is 17.6 Å². The summed E-state index contributed by atoms with van der Waals surface area (Å²) >= 11 is 6.15. The summed E-state index contributed by atoms with van der Waals surface area (Å²) in [5.74, 6) is 0.745. The molecule has 1 aliphatic heterocycles. The Morgan fingerprint density at radius 1 is 1.35 bits per heavy atom. The third kappa shape index (κ3) is 3.40. The molecule has 0 aliphatic carbocycles. The predicted molar refractivity (Wildman–Crippen MR) is 83.8 cm³/mol. The fourth-order valence-corrected chi connectivity index (χ4v) is 3.35. The number of nitrogens with zero attached hydrogens (tertiary/aromatic N) is 2. The van der Waals surface area contributed by atoms with Crippen LogP contribution in [0.25, 0.3) is 11.5 Å². The molecule has 0 bridgehead atoms. The molecule has 1 atom stereocenters. The van der Waals surface area contributed by atoms with Crippen molar-refractivity contribution in [3.8, 4) is 11.5 Å². The van der Waals surface area contributed by atoms with Crippen LogP contribution in [0.15, 0.2) is 27.5 Å². The van der Waals surface area contributed by atoms with Crippen molar-refractivity contribution in [3.63, 3.8) is 0 Å². The summed E-state index contributed by atoms with van der Waals surface area (Å²) in [6, 6.07) is 4.33. The first-order valence-electron chi connectivity index (χ1n) is 7.16. The number of aromatic nitrogens is 2. The van der Waals surface area contributed by atoms with Gasteiger partial charge < -0.3 is 9.15 Å². The molecule has 7 nitrogen and oxygen atoms in total. The highest BCUT2D eigenvalue weighted by Gasteiger charge is 2.23. The van der Waals surface area contributed by atoms with E-state index in [4.69, 9.17) is 20.8 Å².